The van der Waals surface area contributed by atoms with Crippen LogP contribution in [0.3, 0.4) is 0 Å². The van der Waals surface area contributed by atoms with Gasteiger partial charge in [0.15, 0.2) is 0 Å². The maximum atomic E-state index is 12.6. The molecule has 1 unspecified atom stereocenters. The van der Waals surface area contributed by atoms with Gasteiger partial charge in [-0.3, -0.25) is 9.89 Å². The highest BCUT2D eigenvalue weighted by atomic mass is 16.6. The van der Waals surface area contributed by atoms with Crippen molar-refractivity contribution in [3.05, 3.63) is 65.5 Å². The number of carbonyl (C=O) groups excluding carboxylic acids is 2. The van der Waals surface area contributed by atoms with Gasteiger partial charge in [0, 0.05) is 18.7 Å². The second kappa shape index (κ2) is 9.08. The van der Waals surface area contributed by atoms with Gasteiger partial charge in [-0.05, 0) is 80.7 Å². The minimum Gasteiger partial charge on any atom is -0.496 e. The monoisotopic (exact) mass is 488 g/mol. The number of aromatic amines is 1. The van der Waals surface area contributed by atoms with Gasteiger partial charge < -0.3 is 14.4 Å². The number of aromatic nitrogens is 3. The quantitative estimate of drug-likeness (QED) is 0.516. The molecule has 8 nitrogen and oxygen atoms in total. The van der Waals surface area contributed by atoms with Crippen molar-refractivity contribution in [1.29, 1.82) is 0 Å². The van der Waals surface area contributed by atoms with Gasteiger partial charge >= 0.3 is 5.97 Å². The Morgan fingerprint density at radius 1 is 1.08 bits per heavy atom. The number of hydrogen-bond acceptors (Lipinski definition) is 6. The second-order valence-electron chi connectivity index (χ2n) is 10.8. The number of hydrogen-bond donors (Lipinski definition) is 1. The third-order valence-electron chi connectivity index (χ3n) is 7.34. The first-order chi connectivity index (χ1) is 17.2. The number of nitrogens with zero attached hydrogens (tertiary/aromatic N) is 3. The molecule has 2 aromatic carbocycles. The molecule has 1 aromatic heterocycles. The van der Waals surface area contributed by atoms with Crippen LogP contribution in [-0.2, 0) is 4.74 Å². The fourth-order valence-corrected chi connectivity index (χ4v) is 5.29. The van der Waals surface area contributed by atoms with Crippen LogP contribution in [-0.4, -0.2) is 58.0 Å². The van der Waals surface area contributed by atoms with Gasteiger partial charge in [0.05, 0.1) is 18.9 Å². The Kier molecular flexibility index (Phi) is 6.06. The van der Waals surface area contributed by atoms with E-state index in [-0.39, 0.29) is 17.3 Å². The Bertz CT molecular complexity index is 1250. The predicted octanol–water partition coefficient (Wildman–Crippen LogP) is 4.85. The number of esters is 1. The zero-order valence-electron chi connectivity index (χ0n) is 21.2. The molecule has 2 aliphatic rings. The minimum absolute atomic E-state index is 0.0287. The van der Waals surface area contributed by atoms with E-state index >= 15 is 0 Å². The smallest absolute Gasteiger partial charge is 0.338 e. The molecule has 1 aliphatic carbocycles. The van der Waals surface area contributed by atoms with Crippen LogP contribution >= 0.6 is 0 Å². The lowest BCUT2D eigenvalue weighted by molar-refractivity contribution is 0.00694. The number of carbonyl (C=O) groups is 2. The molecule has 2 heterocycles. The predicted molar refractivity (Wildman–Crippen MR) is 135 cm³/mol. The summed E-state index contributed by atoms with van der Waals surface area (Å²) in [5.41, 5.74) is 3.83. The molecule has 3 aromatic rings. The van der Waals surface area contributed by atoms with Crippen molar-refractivity contribution >= 4 is 11.9 Å². The standard InChI is InChI=1S/C28H32N4O4/c1-27(2,3)36-26(34)20-9-10-24(35-4)21(15-20)18-5-7-19(8-6-18)22-16-28(22)11-13-32(14-12-28)25(33)23-17-29-31-30-23/h5-10,15,17,22H,11-14,16H2,1-4H3,(H,29,30,31). The third-order valence-corrected chi connectivity index (χ3v) is 7.34. The van der Waals surface area contributed by atoms with Gasteiger partial charge in [0.2, 0.25) is 0 Å². The largest absolute Gasteiger partial charge is 0.496 e. The molecular formula is C28H32N4O4. The number of methoxy groups -OCH3 is 1. The molecular weight excluding hydrogens is 456 g/mol. The van der Waals surface area contributed by atoms with E-state index in [1.54, 1.807) is 13.2 Å². The van der Waals surface area contributed by atoms with Gasteiger partial charge in [-0.15, -0.1) is 5.10 Å². The molecule has 5 rings (SSSR count). The summed E-state index contributed by atoms with van der Waals surface area (Å²) in [6.45, 7) is 7.08. The molecule has 1 saturated heterocycles. The van der Waals surface area contributed by atoms with Crippen LogP contribution in [0.15, 0.2) is 48.7 Å². The van der Waals surface area contributed by atoms with E-state index in [0.717, 1.165) is 43.5 Å². The number of nitrogens with one attached hydrogen (secondary N) is 1. The van der Waals surface area contributed by atoms with E-state index in [4.69, 9.17) is 9.47 Å². The highest BCUT2D eigenvalue weighted by molar-refractivity contribution is 5.92. The van der Waals surface area contributed by atoms with Crippen molar-refractivity contribution in [2.24, 2.45) is 5.41 Å². The van der Waals surface area contributed by atoms with Crippen LogP contribution in [0, 0.1) is 5.41 Å². The second-order valence-corrected chi connectivity index (χ2v) is 10.8. The molecule has 1 saturated carbocycles. The molecule has 1 spiro atoms. The van der Waals surface area contributed by atoms with E-state index in [0.29, 0.717) is 22.9 Å². The van der Waals surface area contributed by atoms with Crippen molar-refractivity contribution in [2.45, 2.75) is 51.6 Å². The summed E-state index contributed by atoms with van der Waals surface area (Å²) in [7, 11) is 1.63. The fraction of sp³-hybridized carbons (Fsp3) is 0.429. The van der Waals surface area contributed by atoms with Crippen LogP contribution < -0.4 is 4.74 Å². The van der Waals surface area contributed by atoms with Gasteiger partial charge in [-0.25, -0.2) is 4.79 Å². The first kappa shape index (κ1) is 24.0. The number of piperidine rings is 1. The lowest BCUT2D eigenvalue weighted by atomic mass is 9.88. The Morgan fingerprint density at radius 3 is 2.42 bits per heavy atom. The molecule has 8 heteroatoms. The Balaban J connectivity index is 1.28. The molecule has 0 bridgehead atoms. The first-order valence-electron chi connectivity index (χ1n) is 12.4. The summed E-state index contributed by atoms with van der Waals surface area (Å²) in [6, 6.07) is 13.9. The summed E-state index contributed by atoms with van der Waals surface area (Å²) < 4.78 is 11.1. The zero-order chi connectivity index (χ0) is 25.5. The number of H-pyrrole nitrogens is 1. The average Bonchev–Trinajstić information content (AvgIpc) is 3.27. The number of rotatable bonds is 5. The highest BCUT2D eigenvalue weighted by Crippen LogP contribution is 2.65. The van der Waals surface area contributed by atoms with Crippen molar-refractivity contribution in [2.75, 3.05) is 20.2 Å². The summed E-state index contributed by atoms with van der Waals surface area (Å²) in [4.78, 5) is 27.1. The van der Waals surface area contributed by atoms with Gasteiger partial charge in [0.1, 0.15) is 17.0 Å². The number of ether oxygens (including phenoxy) is 2. The van der Waals surface area contributed by atoms with Crippen molar-refractivity contribution in [3.63, 3.8) is 0 Å². The molecule has 1 N–H and O–H groups in total. The molecule has 188 valence electrons. The normalized spacial score (nSPS) is 18.7. The Hall–Kier alpha value is -3.68. The van der Waals surface area contributed by atoms with E-state index < -0.39 is 5.60 Å². The summed E-state index contributed by atoms with van der Waals surface area (Å²) in [6.07, 6.45) is 4.63. The lowest BCUT2D eigenvalue weighted by Gasteiger charge is -2.32. The Morgan fingerprint density at radius 2 is 1.81 bits per heavy atom. The van der Waals surface area contributed by atoms with Gasteiger partial charge in [-0.2, -0.15) is 0 Å². The van der Waals surface area contributed by atoms with Gasteiger partial charge in [0.25, 0.3) is 5.91 Å². The van der Waals surface area contributed by atoms with Gasteiger partial charge in [-0.1, -0.05) is 29.5 Å². The molecule has 1 atom stereocenters. The number of benzene rings is 2. The van der Waals surface area contributed by atoms with Crippen LogP contribution in [0.2, 0.25) is 0 Å². The van der Waals surface area contributed by atoms with Crippen LogP contribution in [0.25, 0.3) is 11.1 Å². The SMILES string of the molecule is COc1ccc(C(=O)OC(C)(C)C)cc1-c1ccc(C2CC23CCN(C(=O)c2cnn[nH]2)CC3)cc1. The van der Waals surface area contributed by atoms with Crippen molar-refractivity contribution < 1.29 is 19.1 Å². The fourth-order valence-electron chi connectivity index (χ4n) is 5.29. The summed E-state index contributed by atoms with van der Waals surface area (Å²) in [5, 5.41) is 10.0. The van der Waals surface area contributed by atoms with E-state index in [1.807, 2.05) is 37.8 Å². The van der Waals surface area contributed by atoms with Crippen LogP contribution in [0.5, 0.6) is 5.75 Å². The minimum atomic E-state index is -0.557. The molecule has 2 fully saturated rings. The number of amides is 1. The lowest BCUT2D eigenvalue weighted by Crippen LogP contribution is -2.39. The molecule has 1 aliphatic heterocycles. The summed E-state index contributed by atoms with van der Waals surface area (Å²) in [5.74, 6) is 0.839. The third kappa shape index (κ3) is 4.72. The topological polar surface area (TPSA) is 97.4 Å². The molecule has 1 amide bonds. The number of likely N-dealkylation sites (tertiary alicyclic amines) is 1. The zero-order valence-corrected chi connectivity index (χ0v) is 21.2. The van der Waals surface area contributed by atoms with Crippen LogP contribution in [0.4, 0.5) is 0 Å². The van der Waals surface area contributed by atoms with E-state index in [9.17, 15) is 9.59 Å². The summed E-state index contributed by atoms with van der Waals surface area (Å²) >= 11 is 0. The van der Waals surface area contributed by atoms with Crippen LogP contribution in [0.1, 0.15) is 72.4 Å². The van der Waals surface area contributed by atoms with Crippen molar-refractivity contribution in [3.8, 4) is 16.9 Å². The average molecular weight is 489 g/mol. The van der Waals surface area contributed by atoms with Crippen molar-refractivity contribution in [1.82, 2.24) is 20.3 Å². The highest BCUT2D eigenvalue weighted by Gasteiger charge is 2.55. The Labute approximate surface area is 211 Å². The van der Waals surface area contributed by atoms with E-state index in [2.05, 4.69) is 39.7 Å². The van der Waals surface area contributed by atoms with E-state index in [1.165, 1.54) is 11.8 Å². The molecule has 36 heavy (non-hydrogen) atoms. The first-order valence-corrected chi connectivity index (χ1v) is 12.4. The maximum Gasteiger partial charge on any atom is 0.338 e. The maximum absolute atomic E-state index is 12.6. The molecule has 0 radical (unpaired) electrons.